The maximum Gasteiger partial charge on any atom is 0.304 e. The van der Waals surface area contributed by atoms with E-state index in [9.17, 15) is 9.59 Å². The molecular formula is C16H22N2O3. The molecule has 0 saturated heterocycles. The van der Waals surface area contributed by atoms with E-state index in [4.69, 9.17) is 5.11 Å². The largest absolute Gasteiger partial charge is 0.481 e. The van der Waals surface area contributed by atoms with Gasteiger partial charge < -0.3 is 10.4 Å². The zero-order valence-electron chi connectivity index (χ0n) is 12.6. The van der Waals surface area contributed by atoms with Crippen molar-refractivity contribution < 1.29 is 14.7 Å². The van der Waals surface area contributed by atoms with Gasteiger partial charge in [-0.25, -0.2) is 0 Å². The molecule has 1 fully saturated rings. The Morgan fingerprint density at radius 1 is 1.24 bits per heavy atom. The van der Waals surface area contributed by atoms with Crippen molar-refractivity contribution in [3.05, 3.63) is 29.3 Å². The van der Waals surface area contributed by atoms with Gasteiger partial charge in [0.05, 0.1) is 13.0 Å². The Balaban J connectivity index is 1.91. The van der Waals surface area contributed by atoms with Crippen LogP contribution in [0, 0.1) is 13.8 Å². The zero-order valence-corrected chi connectivity index (χ0v) is 12.6. The fraction of sp³-hybridized carbons (Fsp3) is 0.500. The van der Waals surface area contributed by atoms with Gasteiger partial charge in [-0.2, -0.15) is 0 Å². The number of carboxylic acids is 1. The summed E-state index contributed by atoms with van der Waals surface area (Å²) in [5.74, 6) is -0.910. The number of carbonyl (C=O) groups excluding carboxylic acids is 1. The van der Waals surface area contributed by atoms with E-state index in [2.05, 4.69) is 11.4 Å². The van der Waals surface area contributed by atoms with Crippen molar-refractivity contribution in [2.45, 2.75) is 39.2 Å². The highest BCUT2D eigenvalue weighted by Gasteiger charge is 2.30. The monoisotopic (exact) mass is 290 g/mol. The highest BCUT2D eigenvalue weighted by Crippen LogP contribution is 2.26. The quantitative estimate of drug-likeness (QED) is 0.807. The van der Waals surface area contributed by atoms with Crippen molar-refractivity contribution >= 4 is 17.6 Å². The first-order valence-corrected chi connectivity index (χ1v) is 7.28. The molecule has 2 rings (SSSR count). The van der Waals surface area contributed by atoms with Crippen LogP contribution in [0.25, 0.3) is 0 Å². The van der Waals surface area contributed by atoms with Crippen LogP contribution in [-0.2, 0) is 9.59 Å². The molecule has 21 heavy (non-hydrogen) atoms. The maximum absolute atomic E-state index is 12.1. The van der Waals surface area contributed by atoms with Crippen LogP contribution in [0.1, 0.15) is 30.4 Å². The van der Waals surface area contributed by atoms with Crippen molar-refractivity contribution in [1.82, 2.24) is 4.90 Å². The summed E-state index contributed by atoms with van der Waals surface area (Å²) >= 11 is 0. The lowest BCUT2D eigenvalue weighted by atomic mass is 10.1. The Morgan fingerprint density at radius 3 is 2.38 bits per heavy atom. The molecule has 5 heteroatoms. The lowest BCUT2D eigenvalue weighted by Crippen LogP contribution is -2.36. The number of aryl methyl sites for hydroxylation is 2. The van der Waals surface area contributed by atoms with Crippen LogP contribution in [0.15, 0.2) is 18.2 Å². The van der Waals surface area contributed by atoms with E-state index in [-0.39, 0.29) is 18.9 Å². The Kier molecular flexibility index (Phi) is 4.96. The van der Waals surface area contributed by atoms with E-state index in [1.165, 1.54) is 0 Å². The second-order valence-corrected chi connectivity index (χ2v) is 5.77. The molecule has 0 unspecified atom stereocenters. The molecule has 0 heterocycles. The van der Waals surface area contributed by atoms with Crippen LogP contribution in [0.4, 0.5) is 5.69 Å². The van der Waals surface area contributed by atoms with Crippen molar-refractivity contribution in [3.8, 4) is 0 Å². The first-order chi connectivity index (χ1) is 9.94. The van der Waals surface area contributed by atoms with Crippen molar-refractivity contribution in [3.63, 3.8) is 0 Å². The lowest BCUT2D eigenvalue weighted by molar-refractivity contribution is -0.137. The summed E-state index contributed by atoms with van der Waals surface area (Å²) in [4.78, 5) is 24.8. The highest BCUT2D eigenvalue weighted by atomic mass is 16.4. The third-order valence-corrected chi connectivity index (χ3v) is 3.53. The summed E-state index contributed by atoms with van der Waals surface area (Å²) in [6, 6.07) is 6.29. The van der Waals surface area contributed by atoms with Crippen molar-refractivity contribution in [1.29, 1.82) is 0 Å². The van der Waals surface area contributed by atoms with Gasteiger partial charge in [0.2, 0.25) is 5.91 Å². The fourth-order valence-electron chi connectivity index (χ4n) is 2.50. The van der Waals surface area contributed by atoms with E-state index >= 15 is 0 Å². The SMILES string of the molecule is Cc1cc(C)cc(NC(=O)CN(CCC(=O)O)C2CC2)c1. The average molecular weight is 290 g/mol. The second-order valence-electron chi connectivity index (χ2n) is 5.77. The number of anilines is 1. The van der Waals surface area contributed by atoms with Crippen LogP contribution in [0.5, 0.6) is 0 Å². The first kappa shape index (κ1) is 15.5. The van der Waals surface area contributed by atoms with E-state index in [1.54, 1.807) is 0 Å². The number of amides is 1. The summed E-state index contributed by atoms with van der Waals surface area (Å²) < 4.78 is 0. The van der Waals surface area contributed by atoms with Gasteiger partial charge in [0.25, 0.3) is 0 Å². The molecule has 1 aromatic carbocycles. The van der Waals surface area contributed by atoms with Gasteiger partial charge in [-0.15, -0.1) is 0 Å². The van der Waals surface area contributed by atoms with Crippen LogP contribution in [0.3, 0.4) is 0 Å². The number of aliphatic carboxylic acids is 1. The topological polar surface area (TPSA) is 69.6 Å². The van der Waals surface area contributed by atoms with Crippen LogP contribution < -0.4 is 5.32 Å². The molecule has 0 radical (unpaired) electrons. The van der Waals surface area contributed by atoms with Crippen molar-refractivity contribution in [2.24, 2.45) is 0 Å². The molecule has 0 bridgehead atoms. The number of carbonyl (C=O) groups is 2. The lowest BCUT2D eigenvalue weighted by Gasteiger charge is -2.20. The van der Waals surface area contributed by atoms with Gasteiger partial charge in [0.1, 0.15) is 0 Å². The molecule has 1 aromatic rings. The first-order valence-electron chi connectivity index (χ1n) is 7.28. The Morgan fingerprint density at radius 2 is 1.86 bits per heavy atom. The van der Waals surface area contributed by atoms with Gasteiger partial charge in [-0.1, -0.05) is 6.07 Å². The predicted octanol–water partition coefficient (Wildman–Crippen LogP) is 2.18. The van der Waals surface area contributed by atoms with Gasteiger partial charge >= 0.3 is 5.97 Å². The molecule has 1 amide bonds. The van der Waals surface area contributed by atoms with E-state index in [1.807, 2.05) is 30.9 Å². The fourth-order valence-corrected chi connectivity index (χ4v) is 2.50. The predicted molar refractivity (Wildman–Crippen MR) is 81.4 cm³/mol. The summed E-state index contributed by atoms with van der Waals surface area (Å²) in [5.41, 5.74) is 3.01. The number of benzene rings is 1. The second kappa shape index (κ2) is 6.72. The molecule has 0 spiro atoms. The Labute approximate surface area is 125 Å². The molecular weight excluding hydrogens is 268 g/mol. The number of nitrogens with zero attached hydrogens (tertiary/aromatic N) is 1. The number of carboxylic acid groups (broad SMARTS) is 1. The van der Waals surface area contributed by atoms with E-state index < -0.39 is 5.97 Å². The molecule has 1 saturated carbocycles. The zero-order chi connectivity index (χ0) is 15.4. The normalized spacial score (nSPS) is 14.2. The Hall–Kier alpha value is -1.88. The standard InChI is InChI=1S/C16H22N2O3/c1-11-7-12(2)9-13(8-11)17-15(19)10-18(14-3-4-14)6-5-16(20)21/h7-9,14H,3-6,10H2,1-2H3,(H,17,19)(H,20,21). The van der Waals surface area contributed by atoms with Gasteiger partial charge in [0, 0.05) is 18.3 Å². The molecule has 5 nitrogen and oxygen atoms in total. The summed E-state index contributed by atoms with van der Waals surface area (Å²) in [5, 5.41) is 11.7. The van der Waals surface area contributed by atoms with Crippen LogP contribution in [-0.4, -0.2) is 41.0 Å². The minimum atomic E-state index is -0.824. The highest BCUT2D eigenvalue weighted by molar-refractivity contribution is 5.92. The minimum absolute atomic E-state index is 0.0767. The van der Waals surface area contributed by atoms with E-state index in [0.717, 1.165) is 29.7 Å². The molecule has 0 aliphatic heterocycles. The van der Waals surface area contributed by atoms with Crippen molar-refractivity contribution in [2.75, 3.05) is 18.4 Å². The maximum atomic E-state index is 12.1. The third-order valence-electron chi connectivity index (χ3n) is 3.53. The summed E-state index contributed by atoms with van der Waals surface area (Å²) in [6.07, 6.45) is 2.18. The molecule has 114 valence electrons. The summed E-state index contributed by atoms with van der Waals surface area (Å²) in [7, 11) is 0. The van der Waals surface area contributed by atoms with Crippen LogP contribution >= 0.6 is 0 Å². The third kappa shape index (κ3) is 5.19. The van der Waals surface area contributed by atoms with Gasteiger partial charge in [-0.05, 0) is 49.9 Å². The van der Waals surface area contributed by atoms with E-state index in [0.29, 0.717) is 12.6 Å². The smallest absolute Gasteiger partial charge is 0.304 e. The van der Waals surface area contributed by atoms with Gasteiger partial charge in [0.15, 0.2) is 0 Å². The molecule has 0 atom stereocenters. The Bertz CT molecular complexity index is 518. The summed E-state index contributed by atoms with van der Waals surface area (Å²) in [6.45, 7) is 4.67. The molecule has 0 aromatic heterocycles. The number of hydrogen-bond acceptors (Lipinski definition) is 3. The number of rotatable bonds is 7. The number of hydrogen-bond donors (Lipinski definition) is 2. The average Bonchev–Trinajstić information content (AvgIpc) is 3.16. The number of nitrogens with one attached hydrogen (secondary N) is 1. The minimum Gasteiger partial charge on any atom is -0.481 e. The molecule has 1 aliphatic rings. The molecule has 2 N–H and O–H groups in total. The van der Waals surface area contributed by atoms with Gasteiger partial charge in [-0.3, -0.25) is 14.5 Å². The van der Waals surface area contributed by atoms with Crippen LogP contribution in [0.2, 0.25) is 0 Å². The molecule has 1 aliphatic carbocycles.